The third-order valence-corrected chi connectivity index (χ3v) is 7.21. The summed E-state index contributed by atoms with van der Waals surface area (Å²) >= 11 is 0. The molecule has 1 aliphatic rings. The fourth-order valence-corrected chi connectivity index (χ4v) is 5.03. The van der Waals surface area contributed by atoms with Gasteiger partial charge in [-0.25, -0.2) is 29.0 Å². The Labute approximate surface area is 263 Å². The van der Waals surface area contributed by atoms with Crippen molar-refractivity contribution in [1.82, 2.24) is 19.7 Å². The summed E-state index contributed by atoms with van der Waals surface area (Å²) in [6.07, 6.45) is -10.2. The first-order valence-corrected chi connectivity index (χ1v) is 14.1. The van der Waals surface area contributed by atoms with E-state index in [0.717, 1.165) is 11.0 Å². The van der Waals surface area contributed by atoms with Gasteiger partial charge in [0.2, 0.25) is 0 Å². The maximum atomic E-state index is 14.2. The SMILES string of the molecule is Nc1ncnc2c1c(C(F)(F)F)nn2[C@@H]1O[C@H](COC(=O)c2ccccc2)[C@@H](OC(=O)c2ccccc2)[C@H]1OC(=O)c1ccccc1. The molecule has 0 unspecified atom stereocenters. The van der Waals surface area contributed by atoms with Crippen LogP contribution in [0.4, 0.5) is 19.0 Å². The fraction of sp³-hybridized carbons (Fsp3) is 0.188. The Bertz CT molecular complexity index is 1910. The van der Waals surface area contributed by atoms with Crippen molar-refractivity contribution in [2.75, 3.05) is 12.3 Å². The molecule has 0 aliphatic carbocycles. The molecule has 2 aromatic heterocycles. The summed E-state index contributed by atoms with van der Waals surface area (Å²) in [6, 6.07) is 23.5. The zero-order chi connectivity index (χ0) is 33.1. The van der Waals surface area contributed by atoms with Crippen LogP contribution in [0.5, 0.6) is 0 Å². The number of hydrogen-bond acceptors (Lipinski definition) is 11. The maximum absolute atomic E-state index is 14.2. The van der Waals surface area contributed by atoms with E-state index >= 15 is 0 Å². The van der Waals surface area contributed by atoms with E-state index in [1.807, 2.05) is 0 Å². The number of ether oxygens (including phenoxy) is 4. The number of halogens is 3. The van der Waals surface area contributed by atoms with Gasteiger partial charge < -0.3 is 24.7 Å². The summed E-state index contributed by atoms with van der Waals surface area (Å²) in [5, 5.41) is 3.11. The number of carbonyl (C=O) groups is 3. The van der Waals surface area contributed by atoms with E-state index in [2.05, 4.69) is 15.1 Å². The van der Waals surface area contributed by atoms with Crippen molar-refractivity contribution >= 4 is 34.8 Å². The van der Waals surface area contributed by atoms with E-state index in [-0.39, 0.29) is 16.7 Å². The van der Waals surface area contributed by atoms with Gasteiger partial charge in [-0.15, -0.1) is 0 Å². The van der Waals surface area contributed by atoms with Gasteiger partial charge in [-0.3, -0.25) is 0 Å². The topological polar surface area (TPSA) is 158 Å². The lowest BCUT2D eigenvalue weighted by atomic mass is 10.1. The van der Waals surface area contributed by atoms with Crippen LogP contribution < -0.4 is 5.73 Å². The monoisotopic (exact) mass is 647 g/mol. The maximum Gasteiger partial charge on any atom is 0.435 e. The Morgan fingerprint density at radius 3 is 1.81 bits per heavy atom. The van der Waals surface area contributed by atoms with Crippen LogP contribution in [0.15, 0.2) is 97.3 Å². The lowest BCUT2D eigenvalue weighted by Gasteiger charge is -2.24. The normalized spacial score (nSPS) is 19.3. The molecule has 0 amide bonds. The van der Waals surface area contributed by atoms with Crippen LogP contribution in [-0.4, -0.2) is 62.6 Å². The molecule has 0 bridgehead atoms. The smallest absolute Gasteiger partial charge is 0.435 e. The van der Waals surface area contributed by atoms with Gasteiger partial charge in [-0.2, -0.15) is 18.3 Å². The lowest BCUT2D eigenvalue weighted by molar-refractivity contribution is -0.141. The van der Waals surface area contributed by atoms with E-state index < -0.39 is 77.8 Å². The van der Waals surface area contributed by atoms with Crippen molar-refractivity contribution in [3.63, 3.8) is 0 Å². The van der Waals surface area contributed by atoms with Crippen LogP contribution in [0.3, 0.4) is 0 Å². The number of hydrogen-bond donors (Lipinski definition) is 1. The van der Waals surface area contributed by atoms with Gasteiger partial charge in [-0.05, 0) is 36.4 Å². The minimum absolute atomic E-state index is 0.0891. The Hall–Kier alpha value is -5.83. The highest BCUT2D eigenvalue weighted by Gasteiger charge is 2.53. The first-order valence-electron chi connectivity index (χ1n) is 14.1. The fourth-order valence-electron chi connectivity index (χ4n) is 5.03. The highest BCUT2D eigenvalue weighted by molar-refractivity contribution is 5.91. The van der Waals surface area contributed by atoms with Crippen LogP contribution >= 0.6 is 0 Å². The van der Waals surface area contributed by atoms with Gasteiger partial charge in [0.1, 0.15) is 24.9 Å². The molecule has 0 saturated carbocycles. The molecule has 240 valence electrons. The highest BCUT2D eigenvalue weighted by Crippen LogP contribution is 2.41. The number of rotatable bonds is 8. The summed E-state index contributed by atoms with van der Waals surface area (Å²) in [6.45, 7) is -0.557. The molecule has 1 fully saturated rings. The number of anilines is 1. The van der Waals surface area contributed by atoms with Crippen molar-refractivity contribution in [2.45, 2.75) is 30.7 Å². The highest BCUT2D eigenvalue weighted by atomic mass is 19.4. The molecule has 0 radical (unpaired) electrons. The zero-order valence-electron chi connectivity index (χ0n) is 24.1. The molecule has 3 heterocycles. The van der Waals surface area contributed by atoms with Crippen molar-refractivity contribution in [1.29, 1.82) is 0 Å². The van der Waals surface area contributed by atoms with Crippen molar-refractivity contribution in [3.05, 3.63) is 120 Å². The molecule has 15 heteroatoms. The Balaban J connectivity index is 1.43. The minimum atomic E-state index is -5.00. The summed E-state index contributed by atoms with van der Waals surface area (Å²) < 4.78 is 66.4. The third kappa shape index (κ3) is 6.46. The molecule has 47 heavy (non-hydrogen) atoms. The average molecular weight is 648 g/mol. The standard InChI is InChI=1S/C32H24F3N5O7/c33-32(34,35)25-22-26(36)37-17-38-27(22)40(39-25)28-24(47-31(43)20-14-8-3-9-15-20)23(46-30(42)19-12-6-2-7-13-19)21(45-28)16-44-29(41)18-10-4-1-5-11-18/h1-15,17,21,23-24,28H,16H2,(H2,36,37,38)/t21-,23-,24-,28-/m1/s1. The number of nitrogens with two attached hydrogens (primary N) is 1. The molecule has 3 aromatic carbocycles. The number of carbonyl (C=O) groups excluding carboxylic acids is 3. The predicted octanol–water partition coefficient (Wildman–Crippen LogP) is 4.63. The number of benzene rings is 3. The molecular formula is C32H24F3N5O7. The Morgan fingerprint density at radius 2 is 1.28 bits per heavy atom. The summed E-state index contributed by atoms with van der Waals surface area (Å²) in [7, 11) is 0. The quantitative estimate of drug-likeness (QED) is 0.185. The Kier molecular flexibility index (Phi) is 8.54. The number of nitrogen functional groups attached to an aromatic ring is 1. The van der Waals surface area contributed by atoms with Gasteiger partial charge in [0.15, 0.2) is 29.8 Å². The van der Waals surface area contributed by atoms with Gasteiger partial charge in [0, 0.05) is 0 Å². The van der Waals surface area contributed by atoms with E-state index in [0.29, 0.717) is 0 Å². The molecule has 6 rings (SSSR count). The van der Waals surface area contributed by atoms with Gasteiger partial charge in [0.05, 0.1) is 22.1 Å². The lowest BCUT2D eigenvalue weighted by Crippen LogP contribution is -2.41. The second-order valence-electron chi connectivity index (χ2n) is 10.2. The predicted molar refractivity (Wildman–Crippen MR) is 157 cm³/mol. The molecule has 1 aliphatic heterocycles. The summed E-state index contributed by atoms with van der Waals surface area (Å²) in [5.41, 5.74) is 4.41. The van der Waals surface area contributed by atoms with Crippen molar-refractivity contribution < 1.29 is 46.5 Å². The molecule has 0 spiro atoms. The van der Waals surface area contributed by atoms with Crippen LogP contribution in [0.1, 0.15) is 43.0 Å². The molecule has 4 atom stereocenters. The van der Waals surface area contributed by atoms with E-state index in [4.69, 9.17) is 24.7 Å². The van der Waals surface area contributed by atoms with E-state index in [1.165, 1.54) is 36.4 Å². The molecule has 5 aromatic rings. The van der Waals surface area contributed by atoms with Gasteiger partial charge in [0.25, 0.3) is 0 Å². The molecule has 1 saturated heterocycles. The second kappa shape index (κ2) is 12.9. The second-order valence-corrected chi connectivity index (χ2v) is 10.2. The average Bonchev–Trinajstić information content (AvgIpc) is 3.64. The van der Waals surface area contributed by atoms with Gasteiger partial charge >= 0.3 is 24.1 Å². The molecule has 2 N–H and O–H groups in total. The van der Waals surface area contributed by atoms with Gasteiger partial charge in [-0.1, -0.05) is 54.6 Å². The Morgan fingerprint density at radius 1 is 0.766 bits per heavy atom. The van der Waals surface area contributed by atoms with E-state index in [9.17, 15) is 27.6 Å². The van der Waals surface area contributed by atoms with Crippen LogP contribution in [0.25, 0.3) is 11.0 Å². The first-order chi connectivity index (χ1) is 22.6. The minimum Gasteiger partial charge on any atom is -0.459 e. The van der Waals surface area contributed by atoms with Crippen LogP contribution in [-0.2, 0) is 25.1 Å². The van der Waals surface area contributed by atoms with Crippen molar-refractivity contribution in [2.24, 2.45) is 0 Å². The van der Waals surface area contributed by atoms with Crippen molar-refractivity contribution in [3.8, 4) is 0 Å². The first kappa shape index (κ1) is 31.2. The zero-order valence-corrected chi connectivity index (χ0v) is 24.1. The van der Waals surface area contributed by atoms with E-state index in [1.54, 1.807) is 54.6 Å². The molecular weight excluding hydrogens is 623 g/mol. The third-order valence-electron chi connectivity index (χ3n) is 7.21. The van der Waals surface area contributed by atoms with Crippen LogP contribution in [0.2, 0.25) is 0 Å². The number of alkyl halides is 3. The molecule has 12 nitrogen and oxygen atoms in total. The largest absolute Gasteiger partial charge is 0.459 e. The number of aromatic nitrogens is 4. The number of nitrogens with zero attached hydrogens (tertiary/aromatic N) is 4. The summed E-state index contributed by atoms with van der Waals surface area (Å²) in [4.78, 5) is 47.1. The van der Waals surface area contributed by atoms with Crippen LogP contribution in [0, 0.1) is 0 Å². The number of esters is 3. The summed E-state index contributed by atoms with van der Waals surface area (Å²) in [5.74, 6) is -3.04. The number of fused-ring (bicyclic) bond motifs is 1.